The molecular weight excluding hydrogens is 366 g/mol. The van der Waals surface area contributed by atoms with Crippen molar-refractivity contribution in [3.8, 4) is 0 Å². The lowest BCUT2D eigenvalue weighted by Crippen LogP contribution is -2.37. The van der Waals surface area contributed by atoms with Crippen molar-refractivity contribution in [3.63, 3.8) is 0 Å². The lowest BCUT2D eigenvalue weighted by atomic mass is 10.1. The van der Waals surface area contributed by atoms with Crippen LogP contribution in [-0.4, -0.2) is 41.6 Å². The van der Waals surface area contributed by atoms with Crippen LogP contribution in [0.3, 0.4) is 0 Å². The Morgan fingerprint density at radius 1 is 1.07 bits per heavy atom. The molecule has 2 amide bonds. The van der Waals surface area contributed by atoms with Gasteiger partial charge < -0.3 is 10.1 Å². The predicted octanol–water partition coefficient (Wildman–Crippen LogP) is 4.04. The Bertz CT molecular complexity index is 829. The van der Waals surface area contributed by atoms with Crippen LogP contribution in [0.25, 0.3) is 0 Å². The SMILES string of the molecule is CC(C)(C)OC(=O)Nc1ccc(C(=O)NC2CCN(Cc3ccccc3)C2)cc1. The number of ether oxygens (including phenoxy) is 1. The van der Waals surface area contributed by atoms with Gasteiger partial charge in [-0.1, -0.05) is 30.3 Å². The van der Waals surface area contributed by atoms with Crippen LogP contribution in [0.2, 0.25) is 0 Å². The highest BCUT2D eigenvalue weighted by Crippen LogP contribution is 2.16. The number of hydrogen-bond acceptors (Lipinski definition) is 4. The van der Waals surface area contributed by atoms with E-state index in [0.717, 1.165) is 26.1 Å². The van der Waals surface area contributed by atoms with Crippen molar-refractivity contribution < 1.29 is 14.3 Å². The fourth-order valence-electron chi connectivity index (χ4n) is 3.33. The second-order valence-corrected chi connectivity index (χ2v) is 8.38. The second kappa shape index (κ2) is 9.09. The van der Waals surface area contributed by atoms with Crippen molar-refractivity contribution in [1.82, 2.24) is 10.2 Å². The standard InChI is InChI=1S/C23H29N3O3/c1-23(2,3)29-22(28)25-19-11-9-18(10-12-19)21(27)24-20-13-14-26(16-20)15-17-7-5-4-6-8-17/h4-12,20H,13-16H2,1-3H3,(H,24,27)(H,25,28). The van der Waals surface area contributed by atoms with Crippen LogP contribution < -0.4 is 10.6 Å². The summed E-state index contributed by atoms with van der Waals surface area (Å²) in [6.45, 7) is 8.15. The van der Waals surface area contributed by atoms with Crippen molar-refractivity contribution in [1.29, 1.82) is 0 Å². The molecule has 0 radical (unpaired) electrons. The van der Waals surface area contributed by atoms with Crippen LogP contribution >= 0.6 is 0 Å². The molecular formula is C23H29N3O3. The summed E-state index contributed by atoms with van der Waals surface area (Å²) >= 11 is 0. The van der Waals surface area contributed by atoms with Crippen molar-refractivity contribution in [2.75, 3.05) is 18.4 Å². The number of nitrogens with one attached hydrogen (secondary N) is 2. The highest BCUT2D eigenvalue weighted by molar-refractivity contribution is 5.95. The topological polar surface area (TPSA) is 70.7 Å². The normalized spacial score (nSPS) is 17.0. The summed E-state index contributed by atoms with van der Waals surface area (Å²) in [6.07, 6.45) is 0.427. The summed E-state index contributed by atoms with van der Waals surface area (Å²) < 4.78 is 5.23. The molecule has 1 atom stereocenters. The van der Waals surface area contributed by atoms with E-state index in [1.54, 1.807) is 24.3 Å². The van der Waals surface area contributed by atoms with Crippen LogP contribution in [0.15, 0.2) is 54.6 Å². The number of amides is 2. The average Bonchev–Trinajstić information content (AvgIpc) is 3.08. The first kappa shape index (κ1) is 20.9. The first-order valence-electron chi connectivity index (χ1n) is 9.96. The highest BCUT2D eigenvalue weighted by atomic mass is 16.6. The van der Waals surface area contributed by atoms with E-state index in [4.69, 9.17) is 4.74 Å². The maximum absolute atomic E-state index is 12.5. The molecule has 1 unspecified atom stereocenters. The van der Waals surface area contributed by atoms with E-state index in [1.165, 1.54) is 5.56 Å². The van der Waals surface area contributed by atoms with Crippen LogP contribution in [0.1, 0.15) is 43.1 Å². The average molecular weight is 396 g/mol. The maximum Gasteiger partial charge on any atom is 0.412 e. The quantitative estimate of drug-likeness (QED) is 0.802. The van der Waals surface area contributed by atoms with Gasteiger partial charge in [-0.2, -0.15) is 0 Å². The van der Waals surface area contributed by atoms with Crippen LogP contribution in [-0.2, 0) is 11.3 Å². The summed E-state index contributed by atoms with van der Waals surface area (Å²) in [5.41, 5.74) is 1.89. The summed E-state index contributed by atoms with van der Waals surface area (Å²) in [7, 11) is 0. The Morgan fingerprint density at radius 2 is 1.76 bits per heavy atom. The Hall–Kier alpha value is -2.86. The molecule has 6 heteroatoms. The van der Waals surface area contributed by atoms with Gasteiger partial charge in [0, 0.05) is 36.9 Å². The summed E-state index contributed by atoms with van der Waals surface area (Å²) in [6, 6.07) is 17.3. The van der Waals surface area contributed by atoms with Gasteiger partial charge >= 0.3 is 6.09 Å². The second-order valence-electron chi connectivity index (χ2n) is 8.38. The van der Waals surface area contributed by atoms with E-state index in [1.807, 2.05) is 39.0 Å². The van der Waals surface area contributed by atoms with E-state index in [0.29, 0.717) is 11.3 Å². The Morgan fingerprint density at radius 3 is 2.41 bits per heavy atom. The van der Waals surface area contributed by atoms with Gasteiger partial charge in [0.15, 0.2) is 0 Å². The first-order valence-corrected chi connectivity index (χ1v) is 9.96. The Kier molecular flexibility index (Phi) is 6.54. The van der Waals surface area contributed by atoms with E-state index < -0.39 is 11.7 Å². The molecule has 0 bridgehead atoms. The lowest BCUT2D eigenvalue weighted by molar-refractivity contribution is 0.0635. The summed E-state index contributed by atoms with van der Waals surface area (Å²) in [4.78, 5) is 26.7. The first-order chi connectivity index (χ1) is 13.8. The van der Waals surface area contributed by atoms with Gasteiger partial charge in [-0.3, -0.25) is 15.0 Å². The zero-order chi connectivity index (χ0) is 20.9. The third kappa shape index (κ3) is 6.61. The Labute approximate surface area is 172 Å². The lowest BCUT2D eigenvalue weighted by Gasteiger charge is -2.19. The molecule has 1 aliphatic heterocycles. The summed E-state index contributed by atoms with van der Waals surface area (Å²) in [5, 5.41) is 5.78. The minimum Gasteiger partial charge on any atom is -0.444 e. The van der Waals surface area contributed by atoms with E-state index in [9.17, 15) is 9.59 Å². The number of rotatable bonds is 5. The smallest absolute Gasteiger partial charge is 0.412 e. The molecule has 29 heavy (non-hydrogen) atoms. The molecule has 0 aromatic heterocycles. The van der Waals surface area contributed by atoms with Crippen molar-refractivity contribution in [2.45, 2.75) is 45.4 Å². The zero-order valence-corrected chi connectivity index (χ0v) is 17.3. The number of benzene rings is 2. The number of nitrogens with zero attached hydrogens (tertiary/aromatic N) is 1. The predicted molar refractivity (Wildman–Crippen MR) is 114 cm³/mol. The third-order valence-corrected chi connectivity index (χ3v) is 4.65. The molecule has 1 heterocycles. The maximum atomic E-state index is 12.5. The minimum absolute atomic E-state index is 0.0969. The van der Waals surface area contributed by atoms with Crippen molar-refractivity contribution in [2.24, 2.45) is 0 Å². The van der Waals surface area contributed by atoms with E-state index in [2.05, 4.69) is 27.7 Å². The third-order valence-electron chi connectivity index (χ3n) is 4.65. The fourth-order valence-corrected chi connectivity index (χ4v) is 3.33. The molecule has 0 aliphatic carbocycles. The monoisotopic (exact) mass is 395 g/mol. The van der Waals surface area contributed by atoms with Crippen molar-refractivity contribution in [3.05, 3.63) is 65.7 Å². The molecule has 2 aromatic rings. The fraction of sp³-hybridized carbons (Fsp3) is 0.391. The Balaban J connectivity index is 1.48. The molecule has 1 aliphatic rings. The van der Waals surface area contributed by atoms with Crippen LogP contribution in [0, 0.1) is 0 Å². The van der Waals surface area contributed by atoms with Crippen LogP contribution in [0.5, 0.6) is 0 Å². The highest BCUT2D eigenvalue weighted by Gasteiger charge is 2.24. The van der Waals surface area contributed by atoms with E-state index >= 15 is 0 Å². The molecule has 1 saturated heterocycles. The molecule has 1 fully saturated rings. The number of carbonyl (C=O) groups excluding carboxylic acids is 2. The summed E-state index contributed by atoms with van der Waals surface area (Å²) in [5.74, 6) is -0.0969. The van der Waals surface area contributed by atoms with Gasteiger partial charge in [0.2, 0.25) is 0 Å². The van der Waals surface area contributed by atoms with Gasteiger partial charge in [-0.15, -0.1) is 0 Å². The number of carbonyl (C=O) groups is 2. The molecule has 6 nitrogen and oxygen atoms in total. The van der Waals surface area contributed by atoms with Gasteiger partial charge in [0.1, 0.15) is 5.60 Å². The molecule has 2 aromatic carbocycles. The van der Waals surface area contributed by atoms with Gasteiger partial charge in [0.25, 0.3) is 5.91 Å². The molecule has 0 spiro atoms. The number of hydrogen-bond donors (Lipinski definition) is 2. The zero-order valence-electron chi connectivity index (χ0n) is 17.3. The number of anilines is 1. The minimum atomic E-state index is -0.556. The van der Waals surface area contributed by atoms with Gasteiger partial charge in [-0.25, -0.2) is 4.79 Å². The molecule has 154 valence electrons. The van der Waals surface area contributed by atoms with Crippen molar-refractivity contribution >= 4 is 17.7 Å². The number of likely N-dealkylation sites (tertiary alicyclic amines) is 1. The largest absolute Gasteiger partial charge is 0.444 e. The molecule has 2 N–H and O–H groups in total. The molecule has 0 saturated carbocycles. The van der Waals surface area contributed by atoms with E-state index in [-0.39, 0.29) is 11.9 Å². The van der Waals surface area contributed by atoms with Crippen LogP contribution in [0.4, 0.5) is 10.5 Å². The van der Waals surface area contributed by atoms with Gasteiger partial charge in [0.05, 0.1) is 0 Å². The molecule has 3 rings (SSSR count). The van der Waals surface area contributed by atoms with Gasteiger partial charge in [-0.05, 0) is 57.0 Å².